The quantitative estimate of drug-likeness (QED) is 0.555. The van der Waals surface area contributed by atoms with Crippen LogP contribution in [0.15, 0.2) is 48.7 Å². The van der Waals surface area contributed by atoms with Gasteiger partial charge in [0.1, 0.15) is 11.5 Å². The van der Waals surface area contributed by atoms with Gasteiger partial charge in [0.15, 0.2) is 6.10 Å². The number of aromatic nitrogens is 1. The molecule has 0 N–H and O–H groups in total. The minimum Gasteiger partial charge on any atom is -0.439 e. The highest BCUT2D eigenvalue weighted by Gasteiger charge is 2.20. The van der Waals surface area contributed by atoms with Gasteiger partial charge >= 0.3 is 5.97 Å². The van der Waals surface area contributed by atoms with Crippen LogP contribution in [0.5, 0.6) is 17.4 Å². The summed E-state index contributed by atoms with van der Waals surface area (Å²) in [7, 11) is 0. The molecule has 26 heavy (non-hydrogen) atoms. The van der Waals surface area contributed by atoms with Gasteiger partial charge in [-0.3, -0.25) is 0 Å². The van der Waals surface area contributed by atoms with Crippen molar-refractivity contribution >= 4 is 5.97 Å². The molecule has 0 spiro atoms. The van der Waals surface area contributed by atoms with Crippen LogP contribution in [-0.2, 0) is 14.3 Å². The molecular weight excluding hydrogens is 334 g/mol. The van der Waals surface area contributed by atoms with Crippen LogP contribution in [0.2, 0.25) is 0 Å². The molecule has 6 nitrogen and oxygen atoms in total. The van der Waals surface area contributed by atoms with E-state index in [4.69, 9.17) is 18.9 Å². The highest BCUT2D eigenvalue weighted by molar-refractivity contribution is 5.76. The molecule has 138 valence electrons. The van der Waals surface area contributed by atoms with E-state index in [1.807, 2.05) is 12.1 Å². The lowest BCUT2D eigenvalue weighted by Crippen LogP contribution is -2.31. The second kappa shape index (κ2) is 9.31. The third kappa shape index (κ3) is 5.54. The fourth-order valence-corrected chi connectivity index (χ4v) is 2.56. The summed E-state index contributed by atoms with van der Waals surface area (Å²) in [6, 6.07) is 12.2. The van der Waals surface area contributed by atoms with Crippen LogP contribution >= 0.6 is 0 Å². The van der Waals surface area contributed by atoms with E-state index in [-0.39, 0.29) is 6.10 Å². The molecule has 0 aliphatic carbocycles. The zero-order valence-corrected chi connectivity index (χ0v) is 14.8. The lowest BCUT2D eigenvalue weighted by atomic mass is 10.1. The molecule has 1 fully saturated rings. The van der Waals surface area contributed by atoms with Crippen LogP contribution < -0.4 is 9.47 Å². The molecule has 0 amide bonds. The van der Waals surface area contributed by atoms with Gasteiger partial charge in [0.2, 0.25) is 5.88 Å². The van der Waals surface area contributed by atoms with E-state index in [2.05, 4.69) is 4.98 Å². The van der Waals surface area contributed by atoms with E-state index in [0.717, 1.165) is 25.9 Å². The van der Waals surface area contributed by atoms with Crippen LogP contribution in [0.25, 0.3) is 0 Å². The molecule has 1 aromatic heterocycles. The summed E-state index contributed by atoms with van der Waals surface area (Å²) in [5, 5.41) is 0. The topological polar surface area (TPSA) is 66.9 Å². The molecule has 0 saturated carbocycles. The summed E-state index contributed by atoms with van der Waals surface area (Å²) in [6.07, 6.45) is 4.28. The predicted molar refractivity (Wildman–Crippen MR) is 95.4 cm³/mol. The van der Waals surface area contributed by atoms with Crippen molar-refractivity contribution in [2.24, 2.45) is 0 Å². The van der Waals surface area contributed by atoms with Gasteiger partial charge in [-0.15, -0.1) is 0 Å². The third-order valence-corrected chi connectivity index (χ3v) is 4.04. The Morgan fingerprint density at radius 3 is 2.69 bits per heavy atom. The number of hydrogen-bond donors (Lipinski definition) is 0. The second-order valence-corrected chi connectivity index (χ2v) is 6.13. The molecule has 0 bridgehead atoms. The van der Waals surface area contributed by atoms with Gasteiger partial charge in [0.05, 0.1) is 12.7 Å². The van der Waals surface area contributed by atoms with E-state index in [1.165, 1.54) is 0 Å². The van der Waals surface area contributed by atoms with Crippen LogP contribution in [0.3, 0.4) is 0 Å². The standard InChI is InChI=1S/C20H23NO5/c1-15(24-14-18-6-3-5-13-23-18)20(22)26-17-10-8-16(9-11-17)25-19-7-2-4-12-21-19/h2,4,7-12,15,18H,3,5-6,13-14H2,1H3. The monoisotopic (exact) mass is 357 g/mol. The highest BCUT2D eigenvalue weighted by atomic mass is 16.6. The van der Waals surface area contributed by atoms with Crippen LogP contribution in [0.4, 0.5) is 0 Å². The van der Waals surface area contributed by atoms with Crippen molar-refractivity contribution < 1.29 is 23.7 Å². The average Bonchev–Trinajstić information content (AvgIpc) is 2.69. The fraction of sp³-hybridized carbons (Fsp3) is 0.400. The van der Waals surface area contributed by atoms with Gasteiger partial charge in [0, 0.05) is 18.9 Å². The molecule has 2 aromatic rings. The Bertz CT molecular complexity index is 683. The molecule has 2 heterocycles. The number of hydrogen-bond acceptors (Lipinski definition) is 6. The first-order valence-electron chi connectivity index (χ1n) is 8.84. The molecule has 3 rings (SSSR count). The van der Waals surface area contributed by atoms with Crippen molar-refractivity contribution in [1.82, 2.24) is 4.98 Å². The average molecular weight is 357 g/mol. The molecule has 6 heteroatoms. The van der Waals surface area contributed by atoms with Gasteiger partial charge in [-0.25, -0.2) is 9.78 Å². The summed E-state index contributed by atoms with van der Waals surface area (Å²) >= 11 is 0. The van der Waals surface area contributed by atoms with E-state index in [0.29, 0.717) is 24.0 Å². The smallest absolute Gasteiger partial charge is 0.340 e. The number of benzene rings is 1. The molecule has 0 radical (unpaired) electrons. The Kier molecular flexibility index (Phi) is 6.57. The van der Waals surface area contributed by atoms with E-state index >= 15 is 0 Å². The van der Waals surface area contributed by atoms with Gasteiger partial charge in [-0.2, -0.15) is 0 Å². The van der Waals surface area contributed by atoms with E-state index < -0.39 is 12.1 Å². The number of nitrogens with zero attached hydrogens (tertiary/aromatic N) is 1. The van der Waals surface area contributed by atoms with Crippen LogP contribution in [-0.4, -0.2) is 36.4 Å². The Labute approximate surface area is 153 Å². The third-order valence-electron chi connectivity index (χ3n) is 4.04. The maximum Gasteiger partial charge on any atom is 0.340 e. The van der Waals surface area contributed by atoms with Gasteiger partial charge < -0.3 is 18.9 Å². The van der Waals surface area contributed by atoms with E-state index in [9.17, 15) is 4.79 Å². The van der Waals surface area contributed by atoms with Crippen molar-refractivity contribution in [2.75, 3.05) is 13.2 Å². The summed E-state index contributed by atoms with van der Waals surface area (Å²) in [5.41, 5.74) is 0. The maximum atomic E-state index is 12.1. The van der Waals surface area contributed by atoms with E-state index in [1.54, 1.807) is 43.5 Å². The predicted octanol–water partition coefficient (Wildman–Crippen LogP) is 3.75. The Morgan fingerprint density at radius 2 is 2.00 bits per heavy atom. The zero-order chi connectivity index (χ0) is 18.2. The normalized spacial score (nSPS) is 18.1. The first-order valence-corrected chi connectivity index (χ1v) is 8.84. The first kappa shape index (κ1) is 18.4. The van der Waals surface area contributed by atoms with Gasteiger partial charge in [0.25, 0.3) is 0 Å². The number of carbonyl (C=O) groups excluding carboxylic acids is 1. The first-order chi connectivity index (χ1) is 12.7. The molecule has 1 saturated heterocycles. The van der Waals surface area contributed by atoms with Crippen molar-refractivity contribution in [3.8, 4) is 17.4 Å². The van der Waals surface area contributed by atoms with Gasteiger partial charge in [-0.05, 0) is 56.5 Å². The van der Waals surface area contributed by atoms with Crippen molar-refractivity contribution in [3.63, 3.8) is 0 Å². The Morgan fingerprint density at radius 1 is 1.19 bits per heavy atom. The second-order valence-electron chi connectivity index (χ2n) is 6.13. The number of carbonyl (C=O) groups is 1. The molecule has 2 atom stereocenters. The summed E-state index contributed by atoms with van der Waals surface area (Å²) in [5.74, 6) is 1.12. The number of pyridine rings is 1. The van der Waals surface area contributed by atoms with Crippen LogP contribution in [0, 0.1) is 0 Å². The lowest BCUT2D eigenvalue weighted by molar-refractivity contribution is -0.149. The number of ether oxygens (including phenoxy) is 4. The Balaban J connectivity index is 1.46. The lowest BCUT2D eigenvalue weighted by Gasteiger charge is -2.23. The van der Waals surface area contributed by atoms with Crippen molar-refractivity contribution in [2.45, 2.75) is 38.4 Å². The summed E-state index contributed by atoms with van der Waals surface area (Å²) in [6.45, 7) is 2.86. The van der Waals surface area contributed by atoms with Crippen molar-refractivity contribution in [1.29, 1.82) is 0 Å². The van der Waals surface area contributed by atoms with Crippen molar-refractivity contribution in [3.05, 3.63) is 48.7 Å². The molecule has 1 aliphatic rings. The zero-order valence-electron chi connectivity index (χ0n) is 14.8. The minimum absolute atomic E-state index is 0.0713. The molecule has 1 aliphatic heterocycles. The minimum atomic E-state index is -0.648. The van der Waals surface area contributed by atoms with Gasteiger partial charge in [-0.1, -0.05) is 6.07 Å². The molecule has 2 unspecified atom stereocenters. The van der Waals surface area contributed by atoms with Crippen LogP contribution in [0.1, 0.15) is 26.2 Å². The largest absolute Gasteiger partial charge is 0.439 e. The molecular formula is C20H23NO5. The summed E-state index contributed by atoms with van der Waals surface area (Å²) < 4.78 is 22.1. The number of esters is 1. The highest BCUT2D eigenvalue weighted by Crippen LogP contribution is 2.22. The maximum absolute atomic E-state index is 12.1. The SMILES string of the molecule is CC(OCC1CCCCO1)C(=O)Oc1ccc(Oc2ccccn2)cc1. The summed E-state index contributed by atoms with van der Waals surface area (Å²) in [4.78, 5) is 16.2. The Hall–Kier alpha value is -2.44. The fourth-order valence-electron chi connectivity index (χ4n) is 2.56. The number of rotatable bonds is 7. The molecule has 1 aromatic carbocycles.